The van der Waals surface area contributed by atoms with Crippen LogP contribution in [0.5, 0.6) is 5.75 Å². The smallest absolute Gasteiger partial charge is 0.324 e. The number of phenols is 1. The Labute approximate surface area is 135 Å². The lowest BCUT2D eigenvalue weighted by Gasteiger charge is -1.97. The average molecular weight is 343 g/mol. The summed E-state index contributed by atoms with van der Waals surface area (Å²) in [4.78, 5) is 34.1. The number of nitrogens with one attached hydrogen (secondary N) is 1. The van der Waals surface area contributed by atoms with Crippen LogP contribution in [-0.4, -0.2) is 41.5 Å². The number of aromatic hydroxyl groups is 1. The number of H-pyrrole nitrogens is 1. The predicted octanol–water partition coefficient (Wildman–Crippen LogP) is 1.06. The normalized spacial score (nSPS) is 11.5. The van der Waals surface area contributed by atoms with Crippen LogP contribution in [0.2, 0.25) is 0 Å². The molecule has 0 amide bonds. The van der Waals surface area contributed by atoms with E-state index in [0.717, 1.165) is 0 Å². The molecule has 2 aromatic rings. The highest BCUT2D eigenvalue weighted by Gasteiger charge is 2.30. The summed E-state index contributed by atoms with van der Waals surface area (Å²) in [7, 11) is 0. The van der Waals surface area contributed by atoms with Crippen LogP contribution in [0.1, 0.15) is 8.44 Å². The van der Waals surface area contributed by atoms with Gasteiger partial charge in [0, 0.05) is 24.9 Å². The Morgan fingerprint density at radius 3 is 2.00 bits per heavy atom. The Morgan fingerprint density at radius 1 is 1.12 bits per heavy atom. The van der Waals surface area contributed by atoms with Crippen molar-refractivity contribution in [2.75, 3.05) is 6.56 Å². The standard InChI is InChI=1S/C6H3N3O7.C5H8N2O/c10-6-4(8(13)14)1-3(7(11)12)2-5(6)9(15)16;8-2-1-5-3-6-4-7-5/h1-2,10H;3-4,8H,1-2H2,(H,6,7)/i;2D2. The van der Waals surface area contributed by atoms with Gasteiger partial charge in [-0.15, -0.1) is 0 Å². The first-order chi connectivity index (χ1) is 11.9. The van der Waals surface area contributed by atoms with Gasteiger partial charge in [-0.3, -0.25) is 30.3 Å². The number of hydrogen-bond donors (Lipinski definition) is 3. The van der Waals surface area contributed by atoms with E-state index in [9.17, 15) is 30.3 Å². The highest BCUT2D eigenvalue weighted by molar-refractivity contribution is 5.64. The average Bonchev–Trinajstić information content (AvgIpc) is 2.98. The van der Waals surface area contributed by atoms with Gasteiger partial charge in [-0.05, 0) is 0 Å². The van der Waals surface area contributed by atoms with Crippen LogP contribution in [0.15, 0.2) is 24.7 Å². The second-order valence-electron chi connectivity index (χ2n) is 4.02. The van der Waals surface area contributed by atoms with Gasteiger partial charge in [0.1, 0.15) is 0 Å². The van der Waals surface area contributed by atoms with Gasteiger partial charge in [0.25, 0.3) is 11.4 Å². The number of nitrogens with zero attached hydrogens (tertiary/aromatic N) is 4. The molecule has 128 valence electrons. The van der Waals surface area contributed by atoms with Gasteiger partial charge in [-0.1, -0.05) is 0 Å². The lowest BCUT2D eigenvalue weighted by Crippen LogP contribution is -1.97. The number of nitro groups is 3. The number of phenolic OH excluding ortho intramolecular Hbond substituents is 1. The Balaban J connectivity index is 0.000000289. The third kappa shape index (κ3) is 4.70. The highest BCUT2D eigenvalue weighted by atomic mass is 16.6. The first kappa shape index (κ1) is 15.3. The molecule has 2 rings (SSSR count). The molecular weight excluding hydrogens is 330 g/mol. The molecule has 1 aromatic heterocycles. The second-order valence-corrected chi connectivity index (χ2v) is 4.02. The Bertz CT molecular complexity index is 785. The maximum atomic E-state index is 10.4. The van der Waals surface area contributed by atoms with E-state index in [-0.39, 0.29) is 6.42 Å². The van der Waals surface area contributed by atoms with Crippen LogP contribution in [0.3, 0.4) is 0 Å². The molecule has 0 bridgehead atoms. The summed E-state index contributed by atoms with van der Waals surface area (Å²) in [5.74, 6) is -1.21. The van der Waals surface area contributed by atoms with E-state index >= 15 is 0 Å². The lowest BCUT2D eigenvalue weighted by molar-refractivity contribution is -0.404. The summed E-state index contributed by atoms with van der Waals surface area (Å²) in [5, 5.41) is 48.9. The molecule has 3 N–H and O–H groups in total. The molecule has 13 nitrogen and oxygen atoms in total. The number of aliphatic hydroxyl groups is 1. The van der Waals surface area contributed by atoms with Crippen LogP contribution >= 0.6 is 0 Å². The van der Waals surface area contributed by atoms with Crippen LogP contribution < -0.4 is 0 Å². The van der Waals surface area contributed by atoms with Crippen molar-refractivity contribution in [3.8, 4) is 5.75 Å². The first-order valence-corrected chi connectivity index (χ1v) is 5.92. The quantitative estimate of drug-likeness (QED) is 0.524. The van der Waals surface area contributed by atoms with Crippen molar-refractivity contribution in [1.82, 2.24) is 9.97 Å². The highest BCUT2D eigenvalue weighted by Crippen LogP contribution is 2.38. The maximum Gasteiger partial charge on any atom is 0.324 e. The summed E-state index contributed by atoms with van der Waals surface area (Å²) in [6, 6.07) is 0.894. The molecule has 0 saturated heterocycles. The molecule has 0 unspecified atom stereocenters. The Morgan fingerprint density at radius 2 is 1.67 bits per heavy atom. The number of aromatic amines is 1. The summed E-state index contributed by atoms with van der Waals surface area (Å²) in [6.45, 7) is -2.15. The minimum atomic E-state index is -2.15. The van der Waals surface area contributed by atoms with Crippen LogP contribution in [0, 0.1) is 30.3 Å². The van der Waals surface area contributed by atoms with Gasteiger partial charge in [0.2, 0.25) is 0 Å². The molecule has 0 spiro atoms. The number of aromatic nitrogens is 2. The van der Waals surface area contributed by atoms with Crippen molar-refractivity contribution in [1.29, 1.82) is 0 Å². The first-order valence-electron chi connectivity index (χ1n) is 6.92. The summed E-state index contributed by atoms with van der Waals surface area (Å²) >= 11 is 0. The molecule has 13 heteroatoms. The molecule has 0 aliphatic rings. The fourth-order valence-corrected chi connectivity index (χ4v) is 1.44. The van der Waals surface area contributed by atoms with E-state index in [1.165, 1.54) is 12.5 Å². The number of hydrogen-bond acceptors (Lipinski definition) is 9. The summed E-state index contributed by atoms with van der Waals surface area (Å²) in [5.41, 5.74) is -2.41. The van der Waals surface area contributed by atoms with Crippen molar-refractivity contribution in [2.45, 2.75) is 6.42 Å². The van der Waals surface area contributed by atoms with E-state index in [1.807, 2.05) is 0 Å². The zero-order chi connectivity index (χ0) is 20.1. The van der Waals surface area contributed by atoms with E-state index in [2.05, 4.69) is 9.97 Å². The molecule has 0 atom stereocenters. The fourth-order valence-electron chi connectivity index (χ4n) is 1.44. The Kier molecular flexibility index (Phi) is 5.18. The SMILES string of the molecule is O=[N+]([O-])c1cc([N+](=O)[O-])c(O)c([N+](=O)[O-])c1.[2H]C([2H])(O)Cc1cnc[nH]1. The number of rotatable bonds is 5. The molecule has 0 fully saturated rings. The number of imidazole rings is 1. The monoisotopic (exact) mass is 343 g/mol. The molecule has 0 aliphatic carbocycles. The lowest BCUT2D eigenvalue weighted by atomic mass is 10.2. The maximum absolute atomic E-state index is 10.4. The van der Waals surface area contributed by atoms with E-state index in [1.54, 1.807) is 0 Å². The van der Waals surface area contributed by atoms with Crippen molar-refractivity contribution < 1.29 is 27.7 Å². The third-order valence-electron chi connectivity index (χ3n) is 2.48. The fraction of sp³-hybridized carbons (Fsp3) is 0.182. The minimum Gasteiger partial charge on any atom is -0.497 e. The predicted molar refractivity (Wildman–Crippen MR) is 77.4 cm³/mol. The van der Waals surface area contributed by atoms with Crippen molar-refractivity contribution in [3.63, 3.8) is 0 Å². The van der Waals surface area contributed by atoms with E-state index in [4.69, 9.17) is 13.0 Å². The van der Waals surface area contributed by atoms with Crippen molar-refractivity contribution in [2.24, 2.45) is 0 Å². The number of non-ortho nitro benzene ring substituents is 1. The second kappa shape index (κ2) is 8.14. The molecule has 0 aliphatic heterocycles. The number of aryl methyl sites for hydroxylation is 1. The summed E-state index contributed by atoms with van der Waals surface area (Å²) < 4.78 is 13.6. The van der Waals surface area contributed by atoms with E-state index in [0.29, 0.717) is 17.8 Å². The largest absolute Gasteiger partial charge is 0.497 e. The molecule has 0 radical (unpaired) electrons. The van der Waals surface area contributed by atoms with Crippen LogP contribution in [0.25, 0.3) is 0 Å². The number of nitro benzene ring substituents is 3. The van der Waals surface area contributed by atoms with Crippen LogP contribution in [0.4, 0.5) is 17.1 Å². The minimum absolute atomic E-state index is 0.0486. The van der Waals surface area contributed by atoms with Gasteiger partial charge < -0.3 is 15.2 Å². The van der Waals surface area contributed by atoms with Gasteiger partial charge in [0.15, 0.2) is 0 Å². The topological polar surface area (TPSA) is 199 Å². The van der Waals surface area contributed by atoms with E-state index < -0.39 is 44.1 Å². The molecule has 0 saturated carbocycles. The molecule has 1 aromatic carbocycles. The zero-order valence-corrected chi connectivity index (χ0v) is 11.6. The summed E-state index contributed by atoms with van der Waals surface area (Å²) in [6.07, 6.45) is 2.88. The Hall–Kier alpha value is -3.61. The van der Waals surface area contributed by atoms with Gasteiger partial charge in [-0.25, -0.2) is 4.98 Å². The zero-order valence-electron chi connectivity index (χ0n) is 13.6. The van der Waals surface area contributed by atoms with Gasteiger partial charge in [0.05, 0.1) is 36.0 Å². The van der Waals surface area contributed by atoms with Crippen LogP contribution in [-0.2, 0) is 6.42 Å². The van der Waals surface area contributed by atoms with Crippen molar-refractivity contribution in [3.05, 3.63) is 60.7 Å². The van der Waals surface area contributed by atoms with Gasteiger partial charge in [-0.2, -0.15) is 0 Å². The third-order valence-corrected chi connectivity index (χ3v) is 2.48. The molecule has 24 heavy (non-hydrogen) atoms. The van der Waals surface area contributed by atoms with Crippen molar-refractivity contribution >= 4 is 17.1 Å². The molecule has 1 heterocycles. The number of benzene rings is 1. The molecular formula is C11H11N5O8. The van der Waals surface area contributed by atoms with Gasteiger partial charge >= 0.3 is 11.4 Å².